The van der Waals surface area contributed by atoms with Crippen LogP contribution in [-0.4, -0.2) is 40.2 Å². The normalized spacial score (nSPS) is 14.5. The van der Waals surface area contributed by atoms with Crippen LogP contribution in [0.3, 0.4) is 0 Å². The fraction of sp³-hybridized carbons (Fsp3) is 0.353. The van der Waals surface area contributed by atoms with Gasteiger partial charge in [0.25, 0.3) is 5.56 Å². The molecule has 9 heteroatoms. The minimum Gasteiger partial charge on any atom is -0.406 e. The van der Waals surface area contributed by atoms with Crippen molar-refractivity contribution in [1.29, 1.82) is 0 Å². The van der Waals surface area contributed by atoms with Crippen molar-refractivity contribution in [2.45, 2.75) is 25.6 Å². The van der Waals surface area contributed by atoms with Gasteiger partial charge in [0, 0.05) is 25.1 Å². The van der Waals surface area contributed by atoms with Crippen molar-refractivity contribution in [3.63, 3.8) is 0 Å². The second-order valence-corrected chi connectivity index (χ2v) is 5.91. The molecule has 1 aromatic carbocycles. The lowest BCUT2D eigenvalue weighted by molar-refractivity contribution is -0.274. The van der Waals surface area contributed by atoms with Crippen molar-refractivity contribution in [2.24, 2.45) is 0 Å². The zero-order valence-electron chi connectivity index (χ0n) is 13.7. The first-order chi connectivity index (χ1) is 12.3. The van der Waals surface area contributed by atoms with Gasteiger partial charge in [-0.15, -0.1) is 13.2 Å². The maximum atomic E-state index is 12.5. The van der Waals surface area contributed by atoms with E-state index in [0.29, 0.717) is 42.8 Å². The second kappa shape index (κ2) is 7.19. The Bertz CT molecular complexity index is 847. The molecule has 138 valence electrons. The van der Waals surface area contributed by atoms with Gasteiger partial charge in [-0.2, -0.15) is 0 Å². The zero-order chi connectivity index (χ0) is 18.7. The van der Waals surface area contributed by atoms with Crippen molar-refractivity contribution in [1.82, 2.24) is 14.9 Å². The highest BCUT2D eigenvalue weighted by Gasteiger charge is 2.31. The molecule has 1 aliphatic heterocycles. The van der Waals surface area contributed by atoms with E-state index in [4.69, 9.17) is 0 Å². The molecule has 0 radical (unpaired) electrons. The SMILES string of the molecule is O=C(Cc1ccc(OC(F)(F)F)cc1)N1CCc2nc[nH]c(=O)c2CC1. The highest BCUT2D eigenvalue weighted by atomic mass is 19.4. The maximum absolute atomic E-state index is 12.5. The number of aromatic amines is 1. The lowest BCUT2D eigenvalue weighted by atomic mass is 10.1. The van der Waals surface area contributed by atoms with Gasteiger partial charge in [-0.05, 0) is 24.1 Å². The predicted octanol–water partition coefficient (Wildman–Crippen LogP) is 1.84. The quantitative estimate of drug-likeness (QED) is 0.898. The molecule has 0 unspecified atom stereocenters. The number of nitrogens with one attached hydrogen (secondary N) is 1. The third-order valence-corrected chi connectivity index (χ3v) is 4.15. The predicted molar refractivity (Wildman–Crippen MR) is 85.7 cm³/mol. The first-order valence-corrected chi connectivity index (χ1v) is 8.00. The van der Waals surface area contributed by atoms with Crippen molar-refractivity contribution in [2.75, 3.05) is 13.1 Å². The van der Waals surface area contributed by atoms with Crippen molar-refractivity contribution >= 4 is 5.91 Å². The van der Waals surface area contributed by atoms with Crippen LogP contribution in [0.5, 0.6) is 5.75 Å². The Labute approximate surface area is 146 Å². The molecule has 3 rings (SSSR count). The van der Waals surface area contributed by atoms with Crippen LogP contribution in [0.4, 0.5) is 13.2 Å². The number of halogens is 3. The minimum atomic E-state index is -4.75. The zero-order valence-corrected chi connectivity index (χ0v) is 13.7. The number of aromatic nitrogens is 2. The number of rotatable bonds is 3. The molecule has 0 atom stereocenters. The van der Waals surface area contributed by atoms with Crippen LogP contribution in [0, 0.1) is 0 Å². The Morgan fingerprint density at radius 1 is 1.19 bits per heavy atom. The molecule has 1 aliphatic rings. The average molecular weight is 367 g/mol. The van der Waals surface area contributed by atoms with E-state index in [9.17, 15) is 22.8 Å². The molecule has 0 fully saturated rings. The number of ether oxygens (including phenoxy) is 1. The molecule has 2 aromatic rings. The first kappa shape index (κ1) is 18.0. The molecule has 0 saturated heterocycles. The highest BCUT2D eigenvalue weighted by Crippen LogP contribution is 2.23. The molecule has 0 saturated carbocycles. The van der Waals surface area contributed by atoms with Gasteiger partial charge in [-0.1, -0.05) is 12.1 Å². The van der Waals surface area contributed by atoms with E-state index in [2.05, 4.69) is 14.7 Å². The first-order valence-electron chi connectivity index (χ1n) is 8.00. The molecule has 6 nitrogen and oxygen atoms in total. The van der Waals surface area contributed by atoms with E-state index in [-0.39, 0.29) is 23.6 Å². The Balaban J connectivity index is 1.62. The molecule has 0 aliphatic carbocycles. The van der Waals surface area contributed by atoms with E-state index in [1.807, 2.05) is 0 Å². The van der Waals surface area contributed by atoms with E-state index < -0.39 is 6.36 Å². The average Bonchev–Trinajstić information content (AvgIpc) is 2.79. The number of benzene rings is 1. The lowest BCUT2D eigenvalue weighted by Gasteiger charge is -2.20. The van der Waals surface area contributed by atoms with Crippen LogP contribution in [0.15, 0.2) is 35.4 Å². The summed E-state index contributed by atoms with van der Waals surface area (Å²) < 4.78 is 40.3. The monoisotopic (exact) mass is 367 g/mol. The summed E-state index contributed by atoms with van der Waals surface area (Å²) in [7, 11) is 0. The molecule has 0 bridgehead atoms. The Hall–Kier alpha value is -2.84. The van der Waals surface area contributed by atoms with Gasteiger partial charge in [0.2, 0.25) is 5.91 Å². The van der Waals surface area contributed by atoms with Gasteiger partial charge in [0.05, 0.1) is 18.4 Å². The fourth-order valence-corrected chi connectivity index (χ4v) is 2.88. The number of carbonyl (C=O) groups is 1. The van der Waals surface area contributed by atoms with Crippen molar-refractivity contribution in [3.8, 4) is 5.75 Å². The number of hydrogen-bond acceptors (Lipinski definition) is 4. The summed E-state index contributed by atoms with van der Waals surface area (Å²) in [6.45, 7) is 0.841. The minimum absolute atomic E-state index is 0.0619. The summed E-state index contributed by atoms with van der Waals surface area (Å²) in [5.41, 5.74) is 1.68. The van der Waals surface area contributed by atoms with Gasteiger partial charge in [0.15, 0.2) is 0 Å². The number of hydrogen-bond donors (Lipinski definition) is 1. The summed E-state index contributed by atoms with van der Waals surface area (Å²) in [6.07, 6.45) is -2.42. The summed E-state index contributed by atoms with van der Waals surface area (Å²) in [5, 5.41) is 0. The number of carbonyl (C=O) groups excluding carboxylic acids is 1. The fourth-order valence-electron chi connectivity index (χ4n) is 2.88. The Morgan fingerprint density at radius 2 is 1.88 bits per heavy atom. The largest absolute Gasteiger partial charge is 0.573 e. The number of nitrogens with zero attached hydrogens (tertiary/aromatic N) is 2. The standard InChI is InChI=1S/C17H16F3N3O3/c18-17(19,20)26-12-3-1-11(2-4-12)9-15(24)23-7-5-13-14(6-8-23)21-10-22-16(13)25/h1-4,10H,5-9H2,(H,21,22,25). The second-order valence-electron chi connectivity index (χ2n) is 5.91. The summed E-state index contributed by atoms with van der Waals surface area (Å²) in [6, 6.07) is 5.21. The number of alkyl halides is 3. The van der Waals surface area contributed by atoms with Crippen LogP contribution in [0.1, 0.15) is 16.8 Å². The third kappa shape index (κ3) is 4.41. The molecule has 1 amide bonds. The van der Waals surface area contributed by atoms with E-state index >= 15 is 0 Å². The molecule has 1 N–H and O–H groups in total. The molecule has 0 spiro atoms. The van der Waals surface area contributed by atoms with Crippen LogP contribution in [0.2, 0.25) is 0 Å². The van der Waals surface area contributed by atoms with Crippen LogP contribution < -0.4 is 10.3 Å². The smallest absolute Gasteiger partial charge is 0.406 e. The Kier molecular flexibility index (Phi) is 4.97. The van der Waals surface area contributed by atoms with Gasteiger partial charge in [0.1, 0.15) is 5.75 Å². The van der Waals surface area contributed by atoms with E-state index in [1.54, 1.807) is 4.90 Å². The maximum Gasteiger partial charge on any atom is 0.573 e. The summed E-state index contributed by atoms with van der Waals surface area (Å²) in [5.74, 6) is -0.483. The van der Waals surface area contributed by atoms with Crippen molar-refractivity contribution in [3.05, 3.63) is 57.8 Å². The molecular formula is C17H16F3N3O3. The summed E-state index contributed by atoms with van der Waals surface area (Å²) >= 11 is 0. The van der Waals surface area contributed by atoms with E-state index in [1.165, 1.54) is 30.6 Å². The number of fused-ring (bicyclic) bond motifs is 1. The van der Waals surface area contributed by atoms with Gasteiger partial charge in [-0.25, -0.2) is 4.98 Å². The molecule has 1 aromatic heterocycles. The van der Waals surface area contributed by atoms with Gasteiger partial charge in [-0.3, -0.25) is 9.59 Å². The number of amides is 1. The highest BCUT2D eigenvalue weighted by molar-refractivity contribution is 5.79. The Morgan fingerprint density at radius 3 is 2.58 bits per heavy atom. The van der Waals surface area contributed by atoms with E-state index in [0.717, 1.165) is 0 Å². The topological polar surface area (TPSA) is 75.3 Å². The van der Waals surface area contributed by atoms with Gasteiger partial charge >= 0.3 is 6.36 Å². The summed E-state index contributed by atoms with van der Waals surface area (Å²) in [4.78, 5) is 32.6. The molecule has 26 heavy (non-hydrogen) atoms. The van der Waals surface area contributed by atoms with Crippen molar-refractivity contribution < 1.29 is 22.7 Å². The molecular weight excluding hydrogens is 351 g/mol. The van der Waals surface area contributed by atoms with Crippen LogP contribution in [0.25, 0.3) is 0 Å². The molecule has 2 heterocycles. The van der Waals surface area contributed by atoms with Gasteiger partial charge < -0.3 is 14.6 Å². The third-order valence-electron chi connectivity index (χ3n) is 4.15. The van der Waals surface area contributed by atoms with Crippen LogP contribution in [-0.2, 0) is 24.1 Å². The van der Waals surface area contributed by atoms with Crippen LogP contribution >= 0.6 is 0 Å². The lowest BCUT2D eigenvalue weighted by Crippen LogP contribution is -2.34. The number of H-pyrrole nitrogens is 1.